The summed E-state index contributed by atoms with van der Waals surface area (Å²) in [6.07, 6.45) is 2.46. The van der Waals surface area contributed by atoms with E-state index in [0.29, 0.717) is 12.3 Å². The van der Waals surface area contributed by atoms with Crippen molar-refractivity contribution in [1.82, 2.24) is 0 Å². The van der Waals surface area contributed by atoms with Crippen molar-refractivity contribution in [2.75, 3.05) is 13.2 Å². The molecule has 0 aliphatic rings. The molecule has 0 heterocycles. The summed E-state index contributed by atoms with van der Waals surface area (Å²) in [5, 5.41) is 18.2. The van der Waals surface area contributed by atoms with E-state index in [4.69, 9.17) is 15.9 Å². The zero-order valence-corrected chi connectivity index (χ0v) is 11.4. The Balaban J connectivity index is 2.53. The van der Waals surface area contributed by atoms with Crippen LogP contribution in [-0.2, 0) is 12.8 Å². The largest absolute Gasteiger partial charge is 0.394 e. The zero-order chi connectivity index (χ0) is 13.6. The summed E-state index contributed by atoms with van der Waals surface area (Å²) in [5.74, 6) is 0.663. The van der Waals surface area contributed by atoms with Gasteiger partial charge < -0.3 is 15.9 Å². The highest BCUT2D eigenvalue weighted by molar-refractivity contribution is 5.23. The minimum Gasteiger partial charge on any atom is -0.394 e. The van der Waals surface area contributed by atoms with E-state index >= 15 is 0 Å². The maximum Gasteiger partial charge on any atom is 0.0633 e. The highest BCUT2D eigenvalue weighted by Crippen LogP contribution is 2.14. The Kier molecular flexibility index (Phi) is 5.79. The standard InChI is InChI=1S/C15H25NO2/c1-12(2)9-14-5-3-13(4-6-14)7-8-15(16,10-17)11-18/h3-6,12,17-18H,7-11,16H2,1-2H3. The first kappa shape index (κ1) is 15.2. The number of benzene rings is 1. The van der Waals surface area contributed by atoms with E-state index in [1.807, 2.05) is 0 Å². The van der Waals surface area contributed by atoms with Gasteiger partial charge >= 0.3 is 0 Å². The molecular weight excluding hydrogens is 226 g/mol. The van der Waals surface area contributed by atoms with Gasteiger partial charge in [-0.2, -0.15) is 0 Å². The normalized spacial score (nSPS) is 12.1. The van der Waals surface area contributed by atoms with Crippen LogP contribution in [-0.4, -0.2) is 29.0 Å². The third-order valence-corrected chi connectivity index (χ3v) is 3.21. The summed E-state index contributed by atoms with van der Waals surface area (Å²) in [4.78, 5) is 0. The van der Waals surface area contributed by atoms with Crippen LogP contribution in [0.5, 0.6) is 0 Å². The Morgan fingerprint density at radius 3 is 2.00 bits per heavy atom. The molecule has 0 atom stereocenters. The first-order valence-electron chi connectivity index (χ1n) is 6.57. The number of hydrogen-bond donors (Lipinski definition) is 3. The Hall–Kier alpha value is -0.900. The van der Waals surface area contributed by atoms with Crippen LogP contribution in [0.3, 0.4) is 0 Å². The molecule has 0 saturated carbocycles. The molecule has 0 aliphatic carbocycles. The van der Waals surface area contributed by atoms with E-state index in [1.54, 1.807) is 0 Å². The Labute approximate surface area is 110 Å². The average Bonchev–Trinajstić information content (AvgIpc) is 2.37. The molecule has 0 radical (unpaired) electrons. The van der Waals surface area contributed by atoms with Crippen molar-refractivity contribution in [3.63, 3.8) is 0 Å². The Morgan fingerprint density at radius 1 is 1.06 bits per heavy atom. The SMILES string of the molecule is CC(C)Cc1ccc(CCC(N)(CO)CO)cc1. The molecule has 1 rings (SSSR count). The molecule has 0 aromatic heterocycles. The molecule has 0 saturated heterocycles. The Bertz CT molecular complexity index is 342. The van der Waals surface area contributed by atoms with Crippen molar-refractivity contribution in [3.8, 4) is 0 Å². The second-order valence-electron chi connectivity index (χ2n) is 5.59. The first-order valence-corrected chi connectivity index (χ1v) is 6.57. The van der Waals surface area contributed by atoms with Crippen molar-refractivity contribution in [2.24, 2.45) is 11.7 Å². The monoisotopic (exact) mass is 251 g/mol. The molecule has 1 aromatic rings. The first-order chi connectivity index (χ1) is 8.49. The van der Waals surface area contributed by atoms with E-state index < -0.39 is 5.54 Å². The summed E-state index contributed by atoms with van der Waals surface area (Å²) in [6.45, 7) is 4.04. The summed E-state index contributed by atoms with van der Waals surface area (Å²) < 4.78 is 0. The molecule has 0 unspecified atom stereocenters. The van der Waals surface area contributed by atoms with Crippen LogP contribution < -0.4 is 5.73 Å². The fraction of sp³-hybridized carbons (Fsp3) is 0.600. The quantitative estimate of drug-likeness (QED) is 0.688. The lowest BCUT2D eigenvalue weighted by Gasteiger charge is -2.24. The van der Waals surface area contributed by atoms with Crippen LogP contribution in [0.1, 0.15) is 31.4 Å². The van der Waals surface area contributed by atoms with Crippen LogP contribution in [0.15, 0.2) is 24.3 Å². The van der Waals surface area contributed by atoms with Gasteiger partial charge in [0.25, 0.3) is 0 Å². The number of aliphatic hydroxyl groups is 2. The predicted molar refractivity (Wildman–Crippen MR) is 74.4 cm³/mol. The fourth-order valence-corrected chi connectivity index (χ4v) is 1.91. The van der Waals surface area contributed by atoms with Crippen molar-refractivity contribution in [3.05, 3.63) is 35.4 Å². The smallest absolute Gasteiger partial charge is 0.0633 e. The maximum atomic E-state index is 9.12. The van der Waals surface area contributed by atoms with Gasteiger partial charge in [-0.1, -0.05) is 38.1 Å². The van der Waals surface area contributed by atoms with Gasteiger partial charge in [0.15, 0.2) is 0 Å². The third-order valence-electron chi connectivity index (χ3n) is 3.21. The Morgan fingerprint density at radius 2 is 1.56 bits per heavy atom. The number of nitrogens with two attached hydrogens (primary N) is 1. The summed E-state index contributed by atoms with van der Waals surface area (Å²) in [6, 6.07) is 8.50. The fourth-order valence-electron chi connectivity index (χ4n) is 1.91. The van der Waals surface area contributed by atoms with Gasteiger partial charge in [0.2, 0.25) is 0 Å². The van der Waals surface area contributed by atoms with Gasteiger partial charge in [0.05, 0.1) is 18.8 Å². The van der Waals surface area contributed by atoms with Gasteiger partial charge in [0.1, 0.15) is 0 Å². The van der Waals surface area contributed by atoms with Crippen LogP contribution in [0.25, 0.3) is 0 Å². The van der Waals surface area contributed by atoms with Crippen molar-refractivity contribution >= 4 is 0 Å². The van der Waals surface area contributed by atoms with Gasteiger partial charge in [-0.15, -0.1) is 0 Å². The van der Waals surface area contributed by atoms with Crippen molar-refractivity contribution in [2.45, 2.75) is 38.6 Å². The lowest BCUT2D eigenvalue weighted by atomic mass is 9.93. The van der Waals surface area contributed by atoms with Crippen molar-refractivity contribution in [1.29, 1.82) is 0 Å². The average molecular weight is 251 g/mol. The van der Waals surface area contributed by atoms with E-state index in [1.165, 1.54) is 11.1 Å². The molecule has 0 bridgehead atoms. The molecule has 102 valence electrons. The summed E-state index contributed by atoms with van der Waals surface area (Å²) >= 11 is 0. The molecule has 0 fully saturated rings. The van der Waals surface area contributed by atoms with Gasteiger partial charge in [0, 0.05) is 0 Å². The molecule has 0 spiro atoms. The maximum absolute atomic E-state index is 9.12. The minimum atomic E-state index is -0.864. The van der Waals surface area contributed by atoms with Crippen LogP contribution in [0.4, 0.5) is 0 Å². The zero-order valence-electron chi connectivity index (χ0n) is 11.4. The highest BCUT2D eigenvalue weighted by atomic mass is 16.3. The lowest BCUT2D eigenvalue weighted by Crippen LogP contribution is -2.47. The van der Waals surface area contributed by atoms with E-state index in [0.717, 1.165) is 12.8 Å². The lowest BCUT2D eigenvalue weighted by molar-refractivity contribution is 0.115. The second-order valence-corrected chi connectivity index (χ2v) is 5.59. The van der Waals surface area contributed by atoms with Gasteiger partial charge in [-0.05, 0) is 36.3 Å². The second kappa shape index (κ2) is 6.88. The predicted octanol–water partition coefficient (Wildman–Crippen LogP) is 1.50. The molecule has 0 amide bonds. The highest BCUT2D eigenvalue weighted by Gasteiger charge is 2.22. The molecular formula is C15H25NO2. The number of aryl methyl sites for hydroxylation is 1. The molecule has 4 N–H and O–H groups in total. The molecule has 3 heteroatoms. The third kappa shape index (κ3) is 4.77. The number of aliphatic hydroxyl groups excluding tert-OH is 2. The van der Waals surface area contributed by atoms with Gasteiger partial charge in [-0.3, -0.25) is 0 Å². The number of rotatable bonds is 7. The van der Waals surface area contributed by atoms with Crippen LogP contribution in [0.2, 0.25) is 0 Å². The van der Waals surface area contributed by atoms with Crippen LogP contribution in [0, 0.1) is 5.92 Å². The molecule has 3 nitrogen and oxygen atoms in total. The minimum absolute atomic E-state index is 0.186. The van der Waals surface area contributed by atoms with Gasteiger partial charge in [-0.25, -0.2) is 0 Å². The van der Waals surface area contributed by atoms with Crippen molar-refractivity contribution < 1.29 is 10.2 Å². The molecule has 0 aliphatic heterocycles. The summed E-state index contributed by atoms with van der Waals surface area (Å²) in [5.41, 5.74) is 7.51. The molecule has 18 heavy (non-hydrogen) atoms. The van der Waals surface area contributed by atoms with E-state index in [2.05, 4.69) is 38.1 Å². The molecule has 1 aromatic carbocycles. The number of hydrogen-bond acceptors (Lipinski definition) is 3. The summed E-state index contributed by atoms with van der Waals surface area (Å²) in [7, 11) is 0. The topological polar surface area (TPSA) is 66.5 Å². The van der Waals surface area contributed by atoms with E-state index in [9.17, 15) is 0 Å². The van der Waals surface area contributed by atoms with Crippen LogP contribution >= 0.6 is 0 Å². The van der Waals surface area contributed by atoms with E-state index in [-0.39, 0.29) is 13.2 Å².